The Labute approximate surface area is 166 Å². The van der Waals surface area contributed by atoms with E-state index in [-0.39, 0.29) is 11.5 Å². The number of nitrogens with zero attached hydrogens (tertiary/aromatic N) is 1. The minimum absolute atomic E-state index is 0.0196. The Morgan fingerprint density at radius 2 is 1.70 bits per heavy atom. The van der Waals surface area contributed by atoms with E-state index >= 15 is 0 Å². The first-order chi connectivity index (χ1) is 13.0. The topological polar surface area (TPSA) is 74.0 Å². The summed E-state index contributed by atoms with van der Waals surface area (Å²) in [5.41, 5.74) is 1.27. The standard InChI is InChI=1S/C21H16Cl2N2O2/c22-16-8-6-13(7-9-16)20(26)18(21(27)15-4-2-10-25-12-15)19(24)14-3-1-5-17(23)11-14/h1-12,18,21,24,27H. The van der Waals surface area contributed by atoms with E-state index in [9.17, 15) is 9.90 Å². The summed E-state index contributed by atoms with van der Waals surface area (Å²) in [6, 6.07) is 16.4. The molecule has 6 heteroatoms. The van der Waals surface area contributed by atoms with Crippen molar-refractivity contribution >= 4 is 34.7 Å². The minimum Gasteiger partial charge on any atom is -0.387 e. The summed E-state index contributed by atoms with van der Waals surface area (Å²) in [4.78, 5) is 17.2. The highest BCUT2D eigenvalue weighted by Gasteiger charge is 2.33. The molecule has 2 aromatic carbocycles. The number of aromatic nitrogens is 1. The van der Waals surface area contributed by atoms with E-state index in [1.54, 1.807) is 66.9 Å². The molecule has 0 radical (unpaired) electrons. The van der Waals surface area contributed by atoms with Gasteiger partial charge in [-0.15, -0.1) is 0 Å². The predicted molar refractivity (Wildman–Crippen MR) is 107 cm³/mol. The lowest BCUT2D eigenvalue weighted by Gasteiger charge is -2.23. The number of pyridine rings is 1. The molecule has 27 heavy (non-hydrogen) atoms. The number of halogens is 2. The Morgan fingerprint density at radius 1 is 0.963 bits per heavy atom. The number of aliphatic hydroxyl groups excluding tert-OH is 1. The average molecular weight is 399 g/mol. The highest BCUT2D eigenvalue weighted by atomic mass is 35.5. The van der Waals surface area contributed by atoms with Crippen LogP contribution in [0.15, 0.2) is 73.1 Å². The Kier molecular flexibility index (Phi) is 6.01. The fraction of sp³-hybridized carbons (Fsp3) is 0.0952. The molecule has 0 amide bonds. The Balaban J connectivity index is 2.04. The first-order valence-corrected chi connectivity index (χ1v) is 8.95. The number of hydrogen-bond acceptors (Lipinski definition) is 4. The highest BCUT2D eigenvalue weighted by molar-refractivity contribution is 6.31. The van der Waals surface area contributed by atoms with Gasteiger partial charge in [0.25, 0.3) is 0 Å². The molecule has 4 nitrogen and oxygen atoms in total. The number of rotatable bonds is 6. The van der Waals surface area contributed by atoms with Crippen molar-refractivity contribution in [2.45, 2.75) is 6.10 Å². The number of Topliss-reactive ketones (excluding diaryl/α,β-unsaturated/α-hetero) is 1. The van der Waals surface area contributed by atoms with E-state index in [2.05, 4.69) is 4.98 Å². The third kappa shape index (κ3) is 4.42. The predicted octanol–water partition coefficient (Wildman–Crippen LogP) is 4.99. The average Bonchev–Trinajstić information content (AvgIpc) is 2.69. The van der Waals surface area contributed by atoms with Gasteiger partial charge in [0.15, 0.2) is 5.78 Å². The van der Waals surface area contributed by atoms with Gasteiger partial charge in [0.2, 0.25) is 0 Å². The number of nitrogens with one attached hydrogen (secondary N) is 1. The van der Waals surface area contributed by atoms with Crippen LogP contribution in [0.5, 0.6) is 0 Å². The molecule has 0 aliphatic heterocycles. The Morgan fingerprint density at radius 3 is 2.33 bits per heavy atom. The van der Waals surface area contributed by atoms with Crippen LogP contribution in [0.25, 0.3) is 0 Å². The fourth-order valence-corrected chi connectivity index (χ4v) is 3.12. The van der Waals surface area contributed by atoms with Crippen LogP contribution in [-0.4, -0.2) is 21.6 Å². The van der Waals surface area contributed by atoms with Gasteiger partial charge in [-0.2, -0.15) is 0 Å². The molecule has 3 rings (SSSR count). The van der Waals surface area contributed by atoms with Gasteiger partial charge in [0.05, 0.1) is 17.7 Å². The van der Waals surface area contributed by atoms with Gasteiger partial charge in [0.1, 0.15) is 0 Å². The maximum atomic E-state index is 13.2. The first-order valence-electron chi connectivity index (χ1n) is 8.19. The van der Waals surface area contributed by atoms with E-state index in [1.807, 2.05) is 0 Å². The van der Waals surface area contributed by atoms with Crippen LogP contribution in [0, 0.1) is 11.3 Å². The SMILES string of the molecule is N=C(c1cccc(Cl)c1)C(C(=O)c1ccc(Cl)cc1)C(O)c1cccnc1. The van der Waals surface area contributed by atoms with Gasteiger partial charge in [-0.05, 0) is 53.6 Å². The van der Waals surface area contributed by atoms with Gasteiger partial charge < -0.3 is 10.5 Å². The van der Waals surface area contributed by atoms with Crippen molar-refractivity contribution in [3.63, 3.8) is 0 Å². The molecule has 136 valence electrons. The molecular weight excluding hydrogens is 383 g/mol. The molecule has 2 unspecified atom stereocenters. The zero-order valence-electron chi connectivity index (χ0n) is 14.1. The number of benzene rings is 2. The van der Waals surface area contributed by atoms with Gasteiger partial charge >= 0.3 is 0 Å². The Hall–Kier alpha value is -2.53. The second-order valence-electron chi connectivity index (χ2n) is 6.00. The second-order valence-corrected chi connectivity index (χ2v) is 6.88. The van der Waals surface area contributed by atoms with Crippen LogP contribution in [0.1, 0.15) is 27.6 Å². The molecule has 0 spiro atoms. The lowest BCUT2D eigenvalue weighted by atomic mass is 9.83. The van der Waals surface area contributed by atoms with Crippen molar-refractivity contribution in [2.24, 2.45) is 5.92 Å². The number of carbonyl (C=O) groups is 1. The number of carbonyl (C=O) groups excluding carboxylic acids is 1. The number of hydrogen-bond donors (Lipinski definition) is 2. The minimum atomic E-state index is -1.23. The van der Waals surface area contributed by atoms with Crippen molar-refractivity contribution < 1.29 is 9.90 Å². The van der Waals surface area contributed by atoms with E-state index < -0.39 is 12.0 Å². The number of ketones is 1. The fourth-order valence-electron chi connectivity index (χ4n) is 2.81. The van der Waals surface area contributed by atoms with Crippen molar-refractivity contribution in [3.05, 3.63) is 99.8 Å². The van der Waals surface area contributed by atoms with Gasteiger partial charge in [-0.3, -0.25) is 9.78 Å². The molecule has 3 aromatic rings. The normalized spacial score (nSPS) is 13.0. The van der Waals surface area contributed by atoms with Crippen LogP contribution in [0.4, 0.5) is 0 Å². The molecule has 0 saturated heterocycles. The van der Waals surface area contributed by atoms with Gasteiger partial charge in [-0.1, -0.05) is 41.4 Å². The van der Waals surface area contributed by atoms with Crippen molar-refractivity contribution in [1.82, 2.24) is 4.98 Å². The quantitative estimate of drug-likeness (QED) is 0.453. The molecule has 1 aromatic heterocycles. The lowest BCUT2D eigenvalue weighted by molar-refractivity contribution is 0.0793. The summed E-state index contributed by atoms with van der Waals surface area (Å²) in [6.45, 7) is 0. The maximum Gasteiger partial charge on any atom is 0.174 e. The molecule has 0 saturated carbocycles. The number of aliphatic hydroxyl groups is 1. The highest BCUT2D eigenvalue weighted by Crippen LogP contribution is 2.29. The summed E-state index contributed by atoms with van der Waals surface area (Å²) in [5, 5.41) is 20.5. The molecule has 0 bridgehead atoms. The maximum absolute atomic E-state index is 13.2. The molecule has 0 aliphatic rings. The monoisotopic (exact) mass is 398 g/mol. The lowest BCUT2D eigenvalue weighted by Crippen LogP contribution is -2.31. The van der Waals surface area contributed by atoms with E-state index in [4.69, 9.17) is 28.6 Å². The van der Waals surface area contributed by atoms with Crippen molar-refractivity contribution in [3.8, 4) is 0 Å². The first kappa shape index (κ1) is 19.2. The molecule has 0 aliphatic carbocycles. The zero-order chi connectivity index (χ0) is 19.4. The van der Waals surface area contributed by atoms with E-state index in [1.165, 1.54) is 6.20 Å². The third-order valence-corrected chi connectivity index (χ3v) is 4.69. The van der Waals surface area contributed by atoms with Crippen molar-refractivity contribution in [2.75, 3.05) is 0 Å². The molecule has 1 heterocycles. The zero-order valence-corrected chi connectivity index (χ0v) is 15.7. The summed E-state index contributed by atoms with van der Waals surface area (Å²) in [6.07, 6.45) is 1.83. The van der Waals surface area contributed by atoms with Crippen LogP contribution in [-0.2, 0) is 0 Å². The Bertz CT molecular complexity index is 959. The van der Waals surface area contributed by atoms with Crippen LogP contribution >= 0.6 is 23.2 Å². The smallest absolute Gasteiger partial charge is 0.174 e. The van der Waals surface area contributed by atoms with Crippen LogP contribution in [0.3, 0.4) is 0 Å². The van der Waals surface area contributed by atoms with E-state index in [0.717, 1.165) is 0 Å². The molecule has 2 N–H and O–H groups in total. The summed E-state index contributed by atoms with van der Waals surface area (Å²) < 4.78 is 0. The largest absolute Gasteiger partial charge is 0.387 e. The van der Waals surface area contributed by atoms with E-state index in [0.29, 0.717) is 26.7 Å². The summed E-state index contributed by atoms with van der Waals surface area (Å²) >= 11 is 11.9. The third-order valence-electron chi connectivity index (χ3n) is 4.20. The summed E-state index contributed by atoms with van der Waals surface area (Å²) in [7, 11) is 0. The van der Waals surface area contributed by atoms with Gasteiger partial charge in [-0.25, -0.2) is 0 Å². The van der Waals surface area contributed by atoms with Crippen molar-refractivity contribution in [1.29, 1.82) is 5.41 Å². The molecule has 0 fully saturated rings. The summed E-state index contributed by atoms with van der Waals surface area (Å²) in [5.74, 6) is -1.50. The van der Waals surface area contributed by atoms with Gasteiger partial charge in [0, 0.05) is 28.0 Å². The van der Waals surface area contributed by atoms with Crippen LogP contribution < -0.4 is 0 Å². The molecular formula is C21H16Cl2N2O2. The second kappa shape index (κ2) is 8.44. The van der Waals surface area contributed by atoms with Crippen LogP contribution in [0.2, 0.25) is 10.0 Å². The molecule has 2 atom stereocenters.